The van der Waals surface area contributed by atoms with Crippen molar-refractivity contribution in [1.29, 1.82) is 0 Å². The highest BCUT2D eigenvalue weighted by atomic mass is 19.1. The molecule has 1 heterocycles. The molecule has 1 amide bonds. The van der Waals surface area contributed by atoms with Gasteiger partial charge in [0.1, 0.15) is 11.6 Å². The fourth-order valence-corrected chi connectivity index (χ4v) is 2.52. The van der Waals surface area contributed by atoms with E-state index in [4.69, 9.17) is 0 Å². The lowest BCUT2D eigenvalue weighted by Gasteiger charge is -2.08. The van der Waals surface area contributed by atoms with Gasteiger partial charge < -0.3 is 10.6 Å². The fraction of sp³-hybridized carbons (Fsp3) is 0.150. The summed E-state index contributed by atoms with van der Waals surface area (Å²) in [6.07, 6.45) is 3.77. The summed E-state index contributed by atoms with van der Waals surface area (Å²) in [5.74, 6) is 0.790. The molecule has 0 atom stereocenters. The largest absolute Gasteiger partial charge is 0.349 e. The summed E-state index contributed by atoms with van der Waals surface area (Å²) in [7, 11) is 0. The van der Waals surface area contributed by atoms with E-state index < -0.39 is 0 Å². The van der Waals surface area contributed by atoms with Crippen molar-refractivity contribution in [1.82, 2.24) is 15.3 Å². The number of hydrogen-bond acceptors (Lipinski definition) is 4. The van der Waals surface area contributed by atoms with Crippen molar-refractivity contribution in [3.63, 3.8) is 0 Å². The first-order chi connectivity index (χ1) is 12.7. The molecule has 5 nitrogen and oxygen atoms in total. The number of carbonyl (C=O) groups excluding carboxylic acids is 1. The van der Waals surface area contributed by atoms with Crippen molar-refractivity contribution in [2.75, 3.05) is 5.32 Å². The highest BCUT2D eigenvalue weighted by molar-refractivity contribution is 5.95. The van der Waals surface area contributed by atoms with Gasteiger partial charge in [-0.05, 0) is 67.4 Å². The van der Waals surface area contributed by atoms with Crippen LogP contribution in [0.1, 0.15) is 23.2 Å². The predicted molar refractivity (Wildman–Crippen MR) is 97.6 cm³/mol. The van der Waals surface area contributed by atoms with E-state index in [1.807, 2.05) is 12.1 Å². The maximum atomic E-state index is 13.1. The van der Waals surface area contributed by atoms with E-state index in [0.29, 0.717) is 23.2 Å². The molecule has 4 rings (SSSR count). The molecule has 1 aliphatic carbocycles. The summed E-state index contributed by atoms with van der Waals surface area (Å²) in [4.78, 5) is 20.7. The number of nitrogens with one attached hydrogen (secondary N) is 2. The van der Waals surface area contributed by atoms with E-state index in [2.05, 4.69) is 20.6 Å². The summed E-state index contributed by atoms with van der Waals surface area (Å²) in [5.41, 5.74) is 2.19. The Balaban J connectivity index is 1.47. The molecule has 2 N–H and O–H groups in total. The molecule has 2 aromatic carbocycles. The Morgan fingerprint density at radius 3 is 2.42 bits per heavy atom. The van der Waals surface area contributed by atoms with Gasteiger partial charge in [-0.3, -0.25) is 4.79 Å². The number of amides is 1. The van der Waals surface area contributed by atoms with Crippen LogP contribution in [-0.4, -0.2) is 21.9 Å². The normalized spacial score (nSPS) is 13.3. The number of halogens is 1. The summed E-state index contributed by atoms with van der Waals surface area (Å²) in [6.45, 7) is 0. The number of carbonyl (C=O) groups is 1. The number of nitrogens with zero attached hydrogens (tertiary/aromatic N) is 2. The molecule has 3 aromatic rings. The standard InChI is InChI=1S/C20H17FN4O/c21-15-5-1-13(2-6-15)19-22-12-11-18(25-19)23-16-7-3-14(4-8-16)20(26)24-17-9-10-17/h1-8,11-12,17H,9-10H2,(H,24,26)(H,22,23,25). The number of hydrogen-bond donors (Lipinski definition) is 2. The number of benzene rings is 2. The van der Waals surface area contributed by atoms with Crippen LogP contribution >= 0.6 is 0 Å². The van der Waals surface area contributed by atoms with Gasteiger partial charge >= 0.3 is 0 Å². The molecule has 130 valence electrons. The molecular formula is C20H17FN4O. The van der Waals surface area contributed by atoms with Crippen LogP contribution in [-0.2, 0) is 0 Å². The lowest BCUT2D eigenvalue weighted by Crippen LogP contribution is -2.25. The smallest absolute Gasteiger partial charge is 0.251 e. The molecule has 0 spiro atoms. The van der Waals surface area contributed by atoms with Gasteiger partial charge in [-0.2, -0.15) is 0 Å². The van der Waals surface area contributed by atoms with E-state index in [9.17, 15) is 9.18 Å². The molecule has 1 aromatic heterocycles. The molecular weight excluding hydrogens is 331 g/mol. The summed E-state index contributed by atoms with van der Waals surface area (Å²) < 4.78 is 13.1. The minimum atomic E-state index is -0.297. The van der Waals surface area contributed by atoms with Gasteiger partial charge in [0.2, 0.25) is 0 Å². The Morgan fingerprint density at radius 2 is 1.73 bits per heavy atom. The molecule has 6 heteroatoms. The number of rotatable bonds is 5. The second kappa shape index (κ2) is 6.92. The van der Waals surface area contributed by atoms with E-state index in [1.165, 1.54) is 12.1 Å². The van der Waals surface area contributed by atoms with Crippen molar-refractivity contribution < 1.29 is 9.18 Å². The van der Waals surface area contributed by atoms with Crippen LogP contribution in [0.3, 0.4) is 0 Å². The van der Waals surface area contributed by atoms with Crippen molar-refractivity contribution in [3.05, 3.63) is 72.2 Å². The zero-order chi connectivity index (χ0) is 17.9. The molecule has 1 fully saturated rings. The highest BCUT2D eigenvalue weighted by Gasteiger charge is 2.23. The fourth-order valence-electron chi connectivity index (χ4n) is 2.52. The van der Waals surface area contributed by atoms with Crippen molar-refractivity contribution in [2.24, 2.45) is 0 Å². The van der Waals surface area contributed by atoms with Gasteiger partial charge in [-0.25, -0.2) is 14.4 Å². The molecule has 0 bridgehead atoms. The maximum absolute atomic E-state index is 13.1. The predicted octanol–water partition coefficient (Wildman–Crippen LogP) is 3.92. The monoisotopic (exact) mass is 348 g/mol. The summed E-state index contributed by atoms with van der Waals surface area (Å²) in [6, 6.07) is 15.4. The van der Waals surface area contributed by atoms with Crippen molar-refractivity contribution in [2.45, 2.75) is 18.9 Å². The Morgan fingerprint density at radius 1 is 1.00 bits per heavy atom. The topological polar surface area (TPSA) is 66.9 Å². The quantitative estimate of drug-likeness (QED) is 0.733. The van der Waals surface area contributed by atoms with E-state index in [0.717, 1.165) is 24.1 Å². The first-order valence-corrected chi connectivity index (χ1v) is 8.44. The van der Waals surface area contributed by atoms with Gasteiger partial charge in [0.15, 0.2) is 5.82 Å². The Bertz CT molecular complexity index is 921. The van der Waals surface area contributed by atoms with Crippen LogP contribution in [0.2, 0.25) is 0 Å². The van der Waals surface area contributed by atoms with Gasteiger partial charge in [0.05, 0.1) is 0 Å². The number of anilines is 2. The zero-order valence-corrected chi connectivity index (χ0v) is 13.9. The van der Waals surface area contributed by atoms with Crippen LogP contribution in [0.4, 0.5) is 15.9 Å². The average Bonchev–Trinajstić information content (AvgIpc) is 3.47. The van der Waals surface area contributed by atoms with Crippen LogP contribution < -0.4 is 10.6 Å². The maximum Gasteiger partial charge on any atom is 0.251 e. The Kier molecular flexibility index (Phi) is 4.31. The third kappa shape index (κ3) is 3.85. The highest BCUT2D eigenvalue weighted by Crippen LogP contribution is 2.21. The molecule has 1 saturated carbocycles. The van der Waals surface area contributed by atoms with Crippen LogP contribution in [0.15, 0.2) is 60.8 Å². The molecule has 0 aliphatic heterocycles. The summed E-state index contributed by atoms with van der Waals surface area (Å²) in [5, 5.41) is 6.15. The van der Waals surface area contributed by atoms with E-state index in [1.54, 1.807) is 36.5 Å². The van der Waals surface area contributed by atoms with Crippen LogP contribution in [0.5, 0.6) is 0 Å². The van der Waals surface area contributed by atoms with Crippen LogP contribution in [0.25, 0.3) is 11.4 Å². The Labute approximate surface area is 150 Å². The average molecular weight is 348 g/mol. The lowest BCUT2D eigenvalue weighted by atomic mass is 10.2. The van der Waals surface area contributed by atoms with Gasteiger partial charge in [-0.1, -0.05) is 0 Å². The molecule has 0 unspecified atom stereocenters. The number of aromatic nitrogens is 2. The third-order valence-electron chi connectivity index (χ3n) is 4.09. The first-order valence-electron chi connectivity index (χ1n) is 8.44. The van der Waals surface area contributed by atoms with Gasteiger partial charge in [0, 0.05) is 29.1 Å². The zero-order valence-electron chi connectivity index (χ0n) is 13.9. The van der Waals surface area contributed by atoms with Crippen LogP contribution in [0, 0.1) is 5.82 Å². The molecule has 26 heavy (non-hydrogen) atoms. The minimum Gasteiger partial charge on any atom is -0.349 e. The minimum absolute atomic E-state index is 0.0420. The lowest BCUT2D eigenvalue weighted by molar-refractivity contribution is 0.0951. The van der Waals surface area contributed by atoms with Gasteiger partial charge in [0.25, 0.3) is 5.91 Å². The summed E-state index contributed by atoms with van der Waals surface area (Å²) >= 11 is 0. The van der Waals surface area contributed by atoms with Gasteiger partial charge in [-0.15, -0.1) is 0 Å². The second-order valence-electron chi connectivity index (χ2n) is 6.22. The second-order valence-corrected chi connectivity index (χ2v) is 6.22. The Hall–Kier alpha value is -3.28. The third-order valence-corrected chi connectivity index (χ3v) is 4.09. The van der Waals surface area contributed by atoms with E-state index >= 15 is 0 Å². The molecule has 0 saturated heterocycles. The molecule has 0 radical (unpaired) electrons. The molecule has 1 aliphatic rings. The first kappa shape index (κ1) is 16.2. The van der Waals surface area contributed by atoms with Crippen molar-refractivity contribution >= 4 is 17.4 Å². The SMILES string of the molecule is O=C(NC1CC1)c1ccc(Nc2ccnc(-c3ccc(F)cc3)n2)cc1. The van der Waals surface area contributed by atoms with E-state index in [-0.39, 0.29) is 11.7 Å². The van der Waals surface area contributed by atoms with Crippen molar-refractivity contribution in [3.8, 4) is 11.4 Å².